The number of aromatic nitrogens is 2. The summed E-state index contributed by atoms with van der Waals surface area (Å²) in [7, 11) is 0. The van der Waals surface area contributed by atoms with Gasteiger partial charge in [0, 0.05) is 48.2 Å². The number of nitrogens with zero attached hydrogens (tertiary/aromatic N) is 4. The van der Waals surface area contributed by atoms with Crippen molar-refractivity contribution in [3.63, 3.8) is 0 Å². The maximum Gasteiger partial charge on any atom is 0.410 e. The fourth-order valence-corrected chi connectivity index (χ4v) is 4.29. The lowest BCUT2D eigenvalue weighted by molar-refractivity contribution is 0.136. The first-order valence-electron chi connectivity index (χ1n) is 9.67. The number of pyridine rings is 2. The lowest BCUT2D eigenvalue weighted by Crippen LogP contribution is -2.39. The van der Waals surface area contributed by atoms with Gasteiger partial charge in [-0.15, -0.1) is 0 Å². The van der Waals surface area contributed by atoms with Crippen LogP contribution in [-0.2, 0) is 11.2 Å². The molecule has 1 amide bonds. The number of carbonyl (C=O) groups excluding carboxylic acids is 1. The molecule has 0 radical (unpaired) electrons. The van der Waals surface area contributed by atoms with Crippen LogP contribution in [0.25, 0.3) is 10.9 Å². The van der Waals surface area contributed by atoms with Gasteiger partial charge in [-0.3, -0.25) is 14.9 Å². The molecular weight excluding hydrogens is 352 g/mol. The molecule has 1 aromatic carbocycles. The predicted octanol–water partition coefficient (Wildman–Crippen LogP) is 3.19. The first kappa shape index (κ1) is 17.0. The summed E-state index contributed by atoms with van der Waals surface area (Å²) in [6, 6.07) is 16.3. The highest BCUT2D eigenvalue weighted by Gasteiger charge is 2.47. The van der Waals surface area contributed by atoms with Crippen LogP contribution >= 0.6 is 0 Å². The first-order chi connectivity index (χ1) is 13.7. The zero-order valence-corrected chi connectivity index (χ0v) is 15.8. The van der Waals surface area contributed by atoms with E-state index in [0.717, 1.165) is 35.3 Å². The van der Waals surface area contributed by atoms with Crippen LogP contribution in [0.4, 0.5) is 10.5 Å². The lowest BCUT2D eigenvalue weighted by atomic mass is 10.1. The first-order valence-corrected chi connectivity index (χ1v) is 9.67. The maximum atomic E-state index is 12.4. The summed E-state index contributed by atoms with van der Waals surface area (Å²) < 4.78 is 5.69. The van der Waals surface area contributed by atoms with Crippen molar-refractivity contribution < 1.29 is 9.53 Å². The molecule has 0 N–H and O–H groups in total. The van der Waals surface area contributed by atoms with E-state index >= 15 is 0 Å². The Kier molecular flexibility index (Phi) is 4.11. The van der Waals surface area contributed by atoms with E-state index in [1.54, 1.807) is 6.20 Å². The second-order valence-corrected chi connectivity index (χ2v) is 7.46. The molecule has 2 aromatic heterocycles. The Morgan fingerprint density at radius 1 is 1.14 bits per heavy atom. The Balaban J connectivity index is 1.37. The molecule has 3 aromatic rings. The van der Waals surface area contributed by atoms with Crippen molar-refractivity contribution >= 4 is 22.7 Å². The van der Waals surface area contributed by atoms with Crippen molar-refractivity contribution in [3.05, 3.63) is 66.1 Å². The van der Waals surface area contributed by atoms with Gasteiger partial charge in [0.25, 0.3) is 0 Å². The lowest BCUT2D eigenvalue weighted by Gasteiger charge is -2.24. The SMILES string of the molecule is Cc1cc(N2C[C@@H]3OC(=O)N(CCc4ccccn4)[C@@H]3C2)c2ccccc2n1. The molecule has 2 aliphatic rings. The largest absolute Gasteiger partial charge is 0.442 e. The number of ether oxygens (including phenoxy) is 1. The average molecular weight is 374 g/mol. The number of fused-ring (bicyclic) bond motifs is 2. The highest BCUT2D eigenvalue weighted by atomic mass is 16.6. The summed E-state index contributed by atoms with van der Waals surface area (Å²) in [4.78, 5) is 25.6. The van der Waals surface area contributed by atoms with Crippen LogP contribution in [0.1, 0.15) is 11.4 Å². The van der Waals surface area contributed by atoms with Crippen molar-refractivity contribution in [3.8, 4) is 0 Å². The minimum absolute atomic E-state index is 0.0726. The van der Waals surface area contributed by atoms with E-state index in [2.05, 4.69) is 27.0 Å². The molecule has 2 saturated heterocycles. The molecular formula is C22H22N4O2. The van der Waals surface area contributed by atoms with Gasteiger partial charge in [-0.2, -0.15) is 0 Å². The number of hydrogen-bond donors (Lipinski definition) is 0. The topological polar surface area (TPSA) is 58.6 Å². The van der Waals surface area contributed by atoms with Gasteiger partial charge in [0.1, 0.15) is 6.10 Å². The van der Waals surface area contributed by atoms with Crippen LogP contribution < -0.4 is 4.90 Å². The normalized spacial score (nSPS) is 21.2. The number of anilines is 1. The second-order valence-electron chi connectivity index (χ2n) is 7.46. The minimum atomic E-state index is -0.207. The van der Waals surface area contributed by atoms with Gasteiger partial charge in [0.05, 0.1) is 18.1 Å². The highest BCUT2D eigenvalue weighted by Crippen LogP contribution is 2.34. The zero-order valence-electron chi connectivity index (χ0n) is 15.8. The monoisotopic (exact) mass is 374 g/mol. The van der Waals surface area contributed by atoms with Crippen LogP contribution in [0.3, 0.4) is 0 Å². The molecule has 6 heteroatoms. The second kappa shape index (κ2) is 6.78. The van der Waals surface area contributed by atoms with Gasteiger partial charge in [-0.1, -0.05) is 24.3 Å². The summed E-state index contributed by atoms with van der Waals surface area (Å²) in [6.45, 7) is 4.13. The van der Waals surface area contributed by atoms with E-state index in [1.807, 2.05) is 48.2 Å². The number of benzene rings is 1. The summed E-state index contributed by atoms with van der Waals surface area (Å²) in [5.74, 6) is 0. The average Bonchev–Trinajstić information content (AvgIpc) is 3.23. The molecule has 4 heterocycles. The Bertz CT molecular complexity index is 1020. The molecule has 28 heavy (non-hydrogen) atoms. The van der Waals surface area contributed by atoms with Crippen LogP contribution in [0.2, 0.25) is 0 Å². The molecule has 2 aliphatic heterocycles. The summed E-state index contributed by atoms with van der Waals surface area (Å²) >= 11 is 0. The summed E-state index contributed by atoms with van der Waals surface area (Å²) in [6.07, 6.45) is 2.22. The number of amides is 1. The number of para-hydroxylation sites is 1. The van der Waals surface area contributed by atoms with Crippen molar-refractivity contribution in [2.75, 3.05) is 24.5 Å². The van der Waals surface area contributed by atoms with Crippen molar-refractivity contribution in [1.29, 1.82) is 0 Å². The molecule has 0 aliphatic carbocycles. The molecule has 5 rings (SSSR count). The van der Waals surface area contributed by atoms with Gasteiger partial charge >= 0.3 is 6.09 Å². The maximum absolute atomic E-state index is 12.4. The Hall–Kier alpha value is -3.15. The van der Waals surface area contributed by atoms with Crippen LogP contribution in [0.5, 0.6) is 0 Å². The van der Waals surface area contributed by atoms with Gasteiger partial charge in [-0.25, -0.2) is 4.79 Å². The van der Waals surface area contributed by atoms with Crippen molar-refractivity contribution in [1.82, 2.24) is 14.9 Å². The van der Waals surface area contributed by atoms with E-state index < -0.39 is 0 Å². The molecule has 0 unspecified atom stereocenters. The Labute approximate surface area is 163 Å². The van der Waals surface area contributed by atoms with Crippen LogP contribution in [0, 0.1) is 6.92 Å². The number of aryl methyl sites for hydroxylation is 1. The molecule has 0 bridgehead atoms. The summed E-state index contributed by atoms with van der Waals surface area (Å²) in [5, 5.41) is 1.14. The summed E-state index contributed by atoms with van der Waals surface area (Å²) in [5.41, 5.74) is 4.15. The molecule has 0 spiro atoms. The van der Waals surface area contributed by atoms with Crippen LogP contribution in [-0.4, -0.2) is 52.7 Å². The van der Waals surface area contributed by atoms with Gasteiger partial charge in [-0.05, 0) is 31.2 Å². The fourth-order valence-electron chi connectivity index (χ4n) is 4.29. The molecule has 6 nitrogen and oxygen atoms in total. The molecule has 142 valence electrons. The van der Waals surface area contributed by atoms with Gasteiger partial charge in [0.15, 0.2) is 0 Å². The zero-order chi connectivity index (χ0) is 19.1. The molecule has 0 saturated carbocycles. The quantitative estimate of drug-likeness (QED) is 0.702. The van der Waals surface area contributed by atoms with Gasteiger partial charge in [0.2, 0.25) is 0 Å². The molecule has 2 fully saturated rings. The third kappa shape index (κ3) is 2.95. The molecule has 2 atom stereocenters. The van der Waals surface area contributed by atoms with E-state index in [0.29, 0.717) is 13.1 Å². The minimum Gasteiger partial charge on any atom is -0.442 e. The Morgan fingerprint density at radius 2 is 2.00 bits per heavy atom. The van der Waals surface area contributed by atoms with Crippen molar-refractivity contribution in [2.45, 2.75) is 25.5 Å². The number of hydrogen-bond acceptors (Lipinski definition) is 5. The standard InChI is InChI=1S/C22H22N4O2/c1-15-12-19(17-7-2-3-8-18(17)24-15)25-13-20-21(14-25)28-22(27)26(20)11-9-16-6-4-5-10-23-16/h2-8,10,12,20-21H,9,11,13-14H2,1H3/t20-,21+/m1/s1. The van der Waals surface area contributed by atoms with E-state index in [4.69, 9.17) is 4.74 Å². The predicted molar refractivity (Wildman–Crippen MR) is 107 cm³/mol. The third-order valence-corrected chi connectivity index (χ3v) is 5.62. The fraction of sp³-hybridized carbons (Fsp3) is 0.318. The van der Waals surface area contributed by atoms with Crippen LogP contribution in [0.15, 0.2) is 54.7 Å². The highest BCUT2D eigenvalue weighted by molar-refractivity contribution is 5.92. The van der Waals surface area contributed by atoms with Gasteiger partial charge < -0.3 is 9.64 Å². The van der Waals surface area contributed by atoms with E-state index in [-0.39, 0.29) is 18.2 Å². The smallest absolute Gasteiger partial charge is 0.410 e. The van der Waals surface area contributed by atoms with E-state index in [9.17, 15) is 4.79 Å². The number of carbonyl (C=O) groups is 1. The number of rotatable bonds is 4. The third-order valence-electron chi connectivity index (χ3n) is 5.62. The van der Waals surface area contributed by atoms with Crippen molar-refractivity contribution in [2.24, 2.45) is 0 Å². The van der Waals surface area contributed by atoms with E-state index in [1.165, 1.54) is 5.69 Å². The Morgan fingerprint density at radius 3 is 2.86 bits per heavy atom.